The first-order chi connectivity index (χ1) is 12.7. The Bertz CT molecular complexity index is 733. The van der Waals surface area contributed by atoms with E-state index in [9.17, 15) is 4.79 Å². The van der Waals surface area contributed by atoms with Crippen molar-refractivity contribution in [2.24, 2.45) is 0 Å². The number of nitrogens with zero attached hydrogens (tertiary/aromatic N) is 3. The summed E-state index contributed by atoms with van der Waals surface area (Å²) in [7, 11) is 1.74. The van der Waals surface area contributed by atoms with Crippen molar-refractivity contribution in [3.63, 3.8) is 0 Å². The molecule has 4 rings (SSSR count). The van der Waals surface area contributed by atoms with Gasteiger partial charge in [-0.05, 0) is 30.7 Å². The van der Waals surface area contributed by atoms with Crippen molar-refractivity contribution in [1.29, 1.82) is 0 Å². The summed E-state index contributed by atoms with van der Waals surface area (Å²) in [5.41, 5.74) is 0. The molecule has 3 atom stereocenters. The molecule has 1 saturated carbocycles. The van der Waals surface area contributed by atoms with Crippen molar-refractivity contribution in [3.05, 3.63) is 23.4 Å². The van der Waals surface area contributed by atoms with E-state index in [4.69, 9.17) is 14.0 Å². The van der Waals surface area contributed by atoms with Crippen LogP contribution in [-0.2, 0) is 20.7 Å². The van der Waals surface area contributed by atoms with Gasteiger partial charge in [-0.25, -0.2) is 0 Å². The van der Waals surface area contributed by atoms with Gasteiger partial charge in [0.2, 0.25) is 17.6 Å². The minimum absolute atomic E-state index is 0.110. The number of carbonyl (C=O) groups is 1. The van der Waals surface area contributed by atoms with Crippen LogP contribution in [0.1, 0.15) is 31.6 Å². The zero-order chi connectivity index (χ0) is 17.9. The minimum Gasteiger partial charge on any atom is -0.381 e. The molecule has 2 aliphatic rings. The molecule has 26 heavy (non-hydrogen) atoms. The SMILES string of the molecule is COC1CCC2OCCN(C(=O)CCc3nc(-c4cccs4)no3)C2C1. The number of fused-ring (bicyclic) bond motifs is 1. The van der Waals surface area contributed by atoms with E-state index in [0.29, 0.717) is 37.7 Å². The van der Waals surface area contributed by atoms with Crippen LogP contribution in [0, 0.1) is 0 Å². The van der Waals surface area contributed by atoms with E-state index < -0.39 is 0 Å². The molecule has 1 aliphatic carbocycles. The molecule has 2 fully saturated rings. The van der Waals surface area contributed by atoms with E-state index in [1.54, 1.807) is 18.4 Å². The molecule has 0 spiro atoms. The largest absolute Gasteiger partial charge is 0.381 e. The fourth-order valence-corrected chi connectivity index (χ4v) is 4.46. The zero-order valence-electron chi connectivity index (χ0n) is 14.8. The third kappa shape index (κ3) is 3.67. The number of morpholine rings is 1. The number of thiophene rings is 1. The summed E-state index contributed by atoms with van der Waals surface area (Å²) in [5.74, 6) is 1.21. The molecule has 3 unspecified atom stereocenters. The lowest BCUT2D eigenvalue weighted by atomic mass is 9.87. The molecule has 0 N–H and O–H groups in total. The lowest BCUT2D eigenvalue weighted by Gasteiger charge is -2.45. The van der Waals surface area contributed by atoms with Gasteiger partial charge in [0.25, 0.3) is 0 Å². The maximum absolute atomic E-state index is 12.8. The zero-order valence-corrected chi connectivity index (χ0v) is 15.6. The third-order valence-electron chi connectivity index (χ3n) is 5.19. The number of carbonyl (C=O) groups excluding carboxylic acids is 1. The van der Waals surface area contributed by atoms with E-state index in [2.05, 4.69) is 10.1 Å². The Morgan fingerprint density at radius 1 is 1.46 bits per heavy atom. The molecule has 1 amide bonds. The number of aryl methyl sites for hydroxylation is 1. The molecule has 0 aromatic carbocycles. The summed E-state index contributed by atoms with van der Waals surface area (Å²) >= 11 is 1.57. The molecule has 8 heteroatoms. The van der Waals surface area contributed by atoms with Crippen LogP contribution in [0.4, 0.5) is 0 Å². The predicted octanol–water partition coefficient (Wildman–Crippen LogP) is 2.53. The number of hydrogen-bond acceptors (Lipinski definition) is 7. The lowest BCUT2D eigenvalue weighted by Crippen LogP contribution is -2.57. The van der Waals surface area contributed by atoms with Crippen molar-refractivity contribution in [2.75, 3.05) is 20.3 Å². The van der Waals surface area contributed by atoms with E-state index in [0.717, 1.165) is 24.1 Å². The molecular weight excluding hydrogens is 354 g/mol. The first-order valence-electron chi connectivity index (χ1n) is 9.05. The van der Waals surface area contributed by atoms with Crippen LogP contribution in [0.25, 0.3) is 10.7 Å². The number of amides is 1. The van der Waals surface area contributed by atoms with Gasteiger partial charge in [0.05, 0.1) is 29.7 Å². The van der Waals surface area contributed by atoms with Crippen molar-refractivity contribution < 1.29 is 18.8 Å². The van der Waals surface area contributed by atoms with Crippen molar-refractivity contribution in [1.82, 2.24) is 15.0 Å². The maximum Gasteiger partial charge on any atom is 0.227 e. The molecule has 2 aromatic rings. The highest BCUT2D eigenvalue weighted by molar-refractivity contribution is 7.13. The van der Waals surface area contributed by atoms with Crippen molar-refractivity contribution >= 4 is 17.2 Å². The molecule has 2 aromatic heterocycles. The van der Waals surface area contributed by atoms with E-state index in [-0.39, 0.29) is 24.2 Å². The van der Waals surface area contributed by atoms with Crippen LogP contribution < -0.4 is 0 Å². The predicted molar refractivity (Wildman–Crippen MR) is 95.8 cm³/mol. The van der Waals surface area contributed by atoms with E-state index in [1.807, 2.05) is 22.4 Å². The Labute approximate surface area is 156 Å². The molecule has 0 radical (unpaired) electrons. The van der Waals surface area contributed by atoms with Crippen LogP contribution in [0.15, 0.2) is 22.0 Å². The van der Waals surface area contributed by atoms with Crippen LogP contribution in [0.2, 0.25) is 0 Å². The van der Waals surface area contributed by atoms with Gasteiger partial charge in [-0.1, -0.05) is 11.2 Å². The quantitative estimate of drug-likeness (QED) is 0.797. The highest BCUT2D eigenvalue weighted by Gasteiger charge is 2.39. The summed E-state index contributed by atoms with van der Waals surface area (Å²) in [6.45, 7) is 1.24. The number of rotatable bonds is 5. The second-order valence-electron chi connectivity index (χ2n) is 6.72. The Balaban J connectivity index is 1.36. The van der Waals surface area contributed by atoms with Gasteiger partial charge in [-0.2, -0.15) is 4.98 Å². The second kappa shape index (κ2) is 7.85. The Kier molecular flexibility index (Phi) is 5.33. The maximum atomic E-state index is 12.8. The fraction of sp³-hybridized carbons (Fsp3) is 0.611. The third-order valence-corrected chi connectivity index (χ3v) is 6.05. The van der Waals surface area contributed by atoms with Crippen molar-refractivity contribution in [2.45, 2.75) is 50.4 Å². The summed E-state index contributed by atoms with van der Waals surface area (Å²) in [6, 6.07) is 4.01. The number of hydrogen-bond donors (Lipinski definition) is 0. The number of methoxy groups -OCH3 is 1. The van der Waals surface area contributed by atoms with Gasteiger partial charge in [0, 0.05) is 26.5 Å². The van der Waals surface area contributed by atoms with Crippen LogP contribution in [0.5, 0.6) is 0 Å². The monoisotopic (exact) mass is 377 g/mol. The Morgan fingerprint density at radius 3 is 3.19 bits per heavy atom. The number of ether oxygens (including phenoxy) is 2. The van der Waals surface area contributed by atoms with Gasteiger partial charge in [-0.3, -0.25) is 4.79 Å². The summed E-state index contributed by atoms with van der Waals surface area (Å²) in [5, 5.41) is 5.97. The van der Waals surface area contributed by atoms with E-state index in [1.165, 1.54) is 0 Å². The topological polar surface area (TPSA) is 77.7 Å². The van der Waals surface area contributed by atoms with Crippen LogP contribution in [-0.4, -0.2) is 59.5 Å². The minimum atomic E-state index is 0.110. The van der Waals surface area contributed by atoms with E-state index >= 15 is 0 Å². The normalized spacial score (nSPS) is 25.9. The molecule has 3 heterocycles. The molecule has 0 bridgehead atoms. The van der Waals surface area contributed by atoms with Gasteiger partial charge in [-0.15, -0.1) is 11.3 Å². The van der Waals surface area contributed by atoms with Crippen molar-refractivity contribution in [3.8, 4) is 10.7 Å². The Hall–Kier alpha value is -1.77. The number of aromatic nitrogens is 2. The Morgan fingerprint density at radius 2 is 2.38 bits per heavy atom. The molecular formula is C18H23N3O4S. The van der Waals surface area contributed by atoms with Gasteiger partial charge in [0.1, 0.15) is 0 Å². The summed E-state index contributed by atoms with van der Waals surface area (Å²) in [4.78, 5) is 20.1. The second-order valence-corrected chi connectivity index (χ2v) is 7.67. The first-order valence-corrected chi connectivity index (χ1v) is 9.93. The average molecular weight is 377 g/mol. The highest BCUT2D eigenvalue weighted by Crippen LogP contribution is 2.30. The lowest BCUT2D eigenvalue weighted by molar-refractivity contribution is -0.154. The molecule has 140 valence electrons. The summed E-state index contributed by atoms with van der Waals surface area (Å²) in [6.07, 6.45) is 3.95. The van der Waals surface area contributed by atoms with Crippen LogP contribution in [0.3, 0.4) is 0 Å². The molecule has 1 aliphatic heterocycles. The van der Waals surface area contributed by atoms with Crippen LogP contribution >= 0.6 is 11.3 Å². The van der Waals surface area contributed by atoms with Gasteiger partial charge >= 0.3 is 0 Å². The highest BCUT2D eigenvalue weighted by atomic mass is 32.1. The first kappa shape index (κ1) is 17.6. The fourth-order valence-electron chi connectivity index (χ4n) is 3.82. The molecule has 7 nitrogen and oxygen atoms in total. The van der Waals surface area contributed by atoms with Gasteiger partial charge < -0.3 is 18.9 Å². The molecule has 1 saturated heterocycles. The standard InChI is InChI=1S/C18H23N3O4S/c1-23-12-4-5-14-13(11-12)21(8-9-24-14)17(22)7-6-16-19-18(20-25-16)15-3-2-10-26-15/h2-3,10,12-14H,4-9,11H2,1H3. The smallest absolute Gasteiger partial charge is 0.227 e. The summed E-state index contributed by atoms with van der Waals surface area (Å²) < 4.78 is 16.7. The van der Waals surface area contributed by atoms with Gasteiger partial charge in [0.15, 0.2) is 0 Å². The average Bonchev–Trinajstić information content (AvgIpc) is 3.36.